The second-order valence-corrected chi connectivity index (χ2v) is 3.41. The van der Waals surface area contributed by atoms with E-state index in [1.165, 1.54) is 11.0 Å². The number of rotatable bonds is 3. The Kier molecular flexibility index (Phi) is 4.22. The minimum absolute atomic E-state index is 0.0509. The summed E-state index contributed by atoms with van der Waals surface area (Å²) in [5.74, 6) is -1.28. The summed E-state index contributed by atoms with van der Waals surface area (Å²) in [5.41, 5.74) is 0.263. The number of nitrogens with one attached hydrogen (secondary N) is 1. The van der Waals surface area contributed by atoms with Crippen molar-refractivity contribution in [2.45, 2.75) is 13.5 Å². The lowest BCUT2D eigenvalue weighted by atomic mass is 10.2. The van der Waals surface area contributed by atoms with Gasteiger partial charge in [0.25, 0.3) is 0 Å². The lowest BCUT2D eigenvalue weighted by molar-refractivity contribution is 0.210. The van der Waals surface area contributed by atoms with Crippen molar-refractivity contribution in [3.63, 3.8) is 0 Å². The van der Waals surface area contributed by atoms with Crippen molar-refractivity contribution in [1.82, 2.24) is 10.2 Å². The maximum atomic E-state index is 13.2. The highest BCUT2D eigenvalue weighted by molar-refractivity contribution is 5.73. The van der Waals surface area contributed by atoms with Gasteiger partial charge in [-0.1, -0.05) is 6.07 Å². The lowest BCUT2D eigenvalue weighted by Crippen LogP contribution is -2.36. The molecule has 1 N–H and O–H groups in total. The summed E-state index contributed by atoms with van der Waals surface area (Å²) in [6, 6.07) is 2.99. The number of nitrogens with zero attached hydrogens (tertiary/aromatic N) is 1. The molecule has 0 bridgehead atoms. The van der Waals surface area contributed by atoms with Gasteiger partial charge in [-0.15, -0.1) is 0 Å². The van der Waals surface area contributed by atoms with E-state index in [9.17, 15) is 13.6 Å². The van der Waals surface area contributed by atoms with E-state index in [2.05, 4.69) is 5.32 Å². The maximum absolute atomic E-state index is 13.2. The zero-order valence-electron chi connectivity index (χ0n) is 9.26. The second-order valence-electron chi connectivity index (χ2n) is 3.41. The normalized spacial score (nSPS) is 10.0. The number of hydrogen-bond donors (Lipinski definition) is 1. The molecule has 1 rings (SSSR count). The highest BCUT2D eigenvalue weighted by Crippen LogP contribution is 2.09. The molecule has 0 aliphatic heterocycles. The molecule has 0 aromatic heterocycles. The van der Waals surface area contributed by atoms with E-state index in [0.29, 0.717) is 6.54 Å². The highest BCUT2D eigenvalue weighted by atomic mass is 19.1. The van der Waals surface area contributed by atoms with E-state index in [1.54, 1.807) is 7.05 Å². The number of amides is 2. The molecule has 0 saturated heterocycles. The fourth-order valence-electron chi connectivity index (χ4n) is 1.11. The Labute approximate surface area is 93.1 Å². The molecule has 0 spiro atoms. The topological polar surface area (TPSA) is 32.3 Å². The Bertz CT molecular complexity index is 382. The van der Waals surface area contributed by atoms with E-state index in [0.717, 1.165) is 12.1 Å². The monoisotopic (exact) mass is 228 g/mol. The predicted molar refractivity (Wildman–Crippen MR) is 56.9 cm³/mol. The van der Waals surface area contributed by atoms with Gasteiger partial charge < -0.3 is 10.2 Å². The zero-order valence-corrected chi connectivity index (χ0v) is 9.26. The molecule has 88 valence electrons. The van der Waals surface area contributed by atoms with Crippen LogP contribution in [0.3, 0.4) is 0 Å². The highest BCUT2D eigenvalue weighted by Gasteiger charge is 2.08. The molecule has 0 saturated carbocycles. The Morgan fingerprint density at radius 2 is 2.12 bits per heavy atom. The van der Waals surface area contributed by atoms with Crippen molar-refractivity contribution in [2.24, 2.45) is 0 Å². The third kappa shape index (κ3) is 3.18. The number of benzene rings is 1. The van der Waals surface area contributed by atoms with Crippen LogP contribution in [0.15, 0.2) is 18.2 Å². The molecule has 0 atom stereocenters. The largest absolute Gasteiger partial charge is 0.334 e. The van der Waals surface area contributed by atoms with Gasteiger partial charge in [0.15, 0.2) is 0 Å². The molecule has 0 heterocycles. The van der Waals surface area contributed by atoms with Gasteiger partial charge in [-0.25, -0.2) is 13.6 Å². The van der Waals surface area contributed by atoms with Crippen molar-refractivity contribution in [3.05, 3.63) is 35.4 Å². The van der Waals surface area contributed by atoms with Gasteiger partial charge in [0.05, 0.1) is 0 Å². The Balaban J connectivity index is 2.58. The van der Waals surface area contributed by atoms with Gasteiger partial charge >= 0.3 is 6.03 Å². The molecular formula is C11H14F2N2O. The molecule has 16 heavy (non-hydrogen) atoms. The molecule has 1 aromatic rings. The van der Waals surface area contributed by atoms with Gasteiger partial charge in [0, 0.05) is 31.8 Å². The SMILES string of the molecule is CCN(C)C(=O)NCc1ccc(F)cc1F. The van der Waals surface area contributed by atoms with Crippen molar-refractivity contribution in [1.29, 1.82) is 0 Å². The maximum Gasteiger partial charge on any atom is 0.317 e. The minimum atomic E-state index is -0.653. The average molecular weight is 228 g/mol. The van der Waals surface area contributed by atoms with Crippen LogP contribution in [0.4, 0.5) is 13.6 Å². The van der Waals surface area contributed by atoms with Crippen LogP contribution >= 0.6 is 0 Å². The van der Waals surface area contributed by atoms with Crippen LogP contribution in [0, 0.1) is 11.6 Å². The van der Waals surface area contributed by atoms with E-state index < -0.39 is 11.6 Å². The summed E-state index contributed by atoms with van der Waals surface area (Å²) in [5, 5.41) is 2.53. The summed E-state index contributed by atoms with van der Waals surface area (Å²) in [6.45, 7) is 2.45. The molecular weight excluding hydrogens is 214 g/mol. The summed E-state index contributed by atoms with van der Waals surface area (Å²) in [6.07, 6.45) is 0. The van der Waals surface area contributed by atoms with Crippen LogP contribution in [-0.2, 0) is 6.54 Å². The van der Waals surface area contributed by atoms with Crippen LogP contribution < -0.4 is 5.32 Å². The second kappa shape index (κ2) is 5.44. The number of carbonyl (C=O) groups excluding carboxylic acids is 1. The molecule has 0 unspecified atom stereocenters. The van der Waals surface area contributed by atoms with Gasteiger partial charge in [-0.3, -0.25) is 0 Å². The fraction of sp³-hybridized carbons (Fsp3) is 0.364. The number of carbonyl (C=O) groups is 1. The van der Waals surface area contributed by atoms with Crippen molar-refractivity contribution in [3.8, 4) is 0 Å². The van der Waals surface area contributed by atoms with Crippen molar-refractivity contribution < 1.29 is 13.6 Å². The van der Waals surface area contributed by atoms with Gasteiger partial charge in [-0.2, -0.15) is 0 Å². The summed E-state index contributed by atoms with van der Waals surface area (Å²) < 4.78 is 25.8. The van der Waals surface area contributed by atoms with Crippen LogP contribution in [0.25, 0.3) is 0 Å². The zero-order chi connectivity index (χ0) is 12.1. The van der Waals surface area contributed by atoms with Crippen LogP contribution in [0.2, 0.25) is 0 Å². The van der Waals surface area contributed by atoms with Crippen LogP contribution in [-0.4, -0.2) is 24.5 Å². The van der Waals surface area contributed by atoms with Crippen LogP contribution in [0.1, 0.15) is 12.5 Å². The van der Waals surface area contributed by atoms with Crippen molar-refractivity contribution in [2.75, 3.05) is 13.6 Å². The van der Waals surface area contributed by atoms with Crippen molar-refractivity contribution >= 4 is 6.03 Å². The molecule has 0 fully saturated rings. The first-order valence-electron chi connectivity index (χ1n) is 4.97. The van der Waals surface area contributed by atoms with E-state index in [4.69, 9.17) is 0 Å². The summed E-state index contributed by atoms with van der Waals surface area (Å²) >= 11 is 0. The summed E-state index contributed by atoms with van der Waals surface area (Å²) in [7, 11) is 1.64. The molecule has 1 aromatic carbocycles. The Morgan fingerprint density at radius 1 is 1.44 bits per heavy atom. The molecule has 2 amide bonds. The Morgan fingerprint density at radius 3 is 2.69 bits per heavy atom. The summed E-state index contributed by atoms with van der Waals surface area (Å²) in [4.78, 5) is 12.8. The number of hydrogen-bond acceptors (Lipinski definition) is 1. The first-order valence-corrected chi connectivity index (χ1v) is 4.97. The first-order chi connectivity index (χ1) is 7.54. The molecule has 0 aliphatic rings. The number of urea groups is 1. The average Bonchev–Trinajstić information content (AvgIpc) is 2.26. The third-order valence-electron chi connectivity index (χ3n) is 2.27. The fourth-order valence-corrected chi connectivity index (χ4v) is 1.11. The molecule has 5 heteroatoms. The van der Waals surface area contributed by atoms with E-state index in [1.807, 2.05) is 6.92 Å². The molecule has 0 aliphatic carbocycles. The number of halogens is 2. The van der Waals surface area contributed by atoms with Gasteiger partial charge in [0.1, 0.15) is 11.6 Å². The van der Waals surface area contributed by atoms with E-state index in [-0.39, 0.29) is 18.1 Å². The minimum Gasteiger partial charge on any atom is -0.334 e. The first kappa shape index (κ1) is 12.4. The van der Waals surface area contributed by atoms with Gasteiger partial charge in [0.2, 0.25) is 0 Å². The van der Waals surface area contributed by atoms with E-state index >= 15 is 0 Å². The Hall–Kier alpha value is -1.65. The molecule has 0 radical (unpaired) electrons. The van der Waals surface area contributed by atoms with Gasteiger partial charge in [-0.05, 0) is 13.0 Å². The van der Waals surface area contributed by atoms with Crippen LogP contribution in [0.5, 0.6) is 0 Å². The quantitative estimate of drug-likeness (QED) is 0.844. The third-order valence-corrected chi connectivity index (χ3v) is 2.27. The molecule has 3 nitrogen and oxygen atoms in total. The lowest BCUT2D eigenvalue weighted by Gasteiger charge is -2.15. The standard InChI is InChI=1S/C11H14F2N2O/c1-3-15(2)11(16)14-7-8-4-5-9(12)6-10(8)13/h4-6H,3,7H2,1-2H3,(H,14,16). The smallest absolute Gasteiger partial charge is 0.317 e. The predicted octanol–water partition coefficient (Wildman–Crippen LogP) is 2.13.